The van der Waals surface area contributed by atoms with Gasteiger partial charge in [0.05, 0.1) is 0 Å². The predicted octanol–water partition coefficient (Wildman–Crippen LogP) is 13.3. The highest BCUT2D eigenvalue weighted by atomic mass is 16.3. The lowest BCUT2D eigenvalue weighted by atomic mass is 9.85. The van der Waals surface area contributed by atoms with Crippen LogP contribution in [0.15, 0.2) is 179 Å². The molecule has 2 nitrogen and oxygen atoms in total. The van der Waals surface area contributed by atoms with Crippen molar-refractivity contribution in [1.29, 1.82) is 0 Å². The minimum atomic E-state index is 0.843. The van der Waals surface area contributed by atoms with Crippen LogP contribution in [0.3, 0.4) is 0 Å². The first-order valence-electron chi connectivity index (χ1n) is 16.4. The second-order valence-electron chi connectivity index (χ2n) is 12.4. The summed E-state index contributed by atoms with van der Waals surface area (Å²) >= 11 is 0. The smallest absolute Gasteiger partial charge is 0.144 e. The van der Waals surface area contributed by atoms with E-state index in [1.165, 1.54) is 33.0 Å². The van der Waals surface area contributed by atoms with Crippen molar-refractivity contribution in [2.24, 2.45) is 0 Å². The molecule has 0 spiro atoms. The second-order valence-corrected chi connectivity index (χ2v) is 12.4. The van der Waals surface area contributed by atoms with Gasteiger partial charge in [-0.3, -0.25) is 0 Å². The van der Waals surface area contributed by atoms with Gasteiger partial charge in [0.1, 0.15) is 22.5 Å². The summed E-state index contributed by atoms with van der Waals surface area (Å²) in [5.41, 5.74) is 10.7. The minimum absolute atomic E-state index is 0.843. The van der Waals surface area contributed by atoms with E-state index in [9.17, 15) is 0 Å². The van der Waals surface area contributed by atoms with Gasteiger partial charge < -0.3 is 8.83 Å². The van der Waals surface area contributed by atoms with Crippen LogP contribution >= 0.6 is 0 Å². The largest absolute Gasteiger partial charge is 0.456 e. The second kappa shape index (κ2) is 10.6. The molecule has 224 valence electrons. The number of para-hydroxylation sites is 1. The van der Waals surface area contributed by atoms with Gasteiger partial charge in [0.15, 0.2) is 0 Å². The van der Waals surface area contributed by atoms with Crippen molar-refractivity contribution in [1.82, 2.24) is 0 Å². The van der Waals surface area contributed by atoms with Gasteiger partial charge >= 0.3 is 0 Å². The summed E-state index contributed by atoms with van der Waals surface area (Å²) in [5.74, 6) is 0.867. The van der Waals surface area contributed by atoms with Gasteiger partial charge in [-0.2, -0.15) is 0 Å². The normalized spacial score (nSPS) is 11.8. The molecule has 0 atom stereocenters. The van der Waals surface area contributed by atoms with E-state index in [1.54, 1.807) is 0 Å². The number of rotatable bonds is 4. The SMILES string of the molecule is c1ccc(-c2cccc(-c3c4ccccc4c(-c4oc5ccc6oc7ccccc7c6c5c4-c4ccccc4)c4ccccc34)c2)cc1. The van der Waals surface area contributed by atoms with Crippen LogP contribution in [-0.2, 0) is 0 Å². The zero-order chi connectivity index (χ0) is 31.6. The summed E-state index contributed by atoms with van der Waals surface area (Å²) in [7, 11) is 0. The molecular formula is C46H28O2. The molecule has 0 radical (unpaired) electrons. The maximum Gasteiger partial charge on any atom is 0.144 e. The lowest BCUT2D eigenvalue weighted by Crippen LogP contribution is -1.91. The highest BCUT2D eigenvalue weighted by Crippen LogP contribution is 2.51. The fraction of sp³-hybridized carbons (Fsp3) is 0. The fourth-order valence-corrected chi connectivity index (χ4v) is 7.63. The summed E-state index contributed by atoms with van der Waals surface area (Å²) in [4.78, 5) is 0. The first-order valence-corrected chi connectivity index (χ1v) is 16.4. The maximum atomic E-state index is 7.06. The summed E-state index contributed by atoms with van der Waals surface area (Å²) in [5, 5.41) is 7.93. The number of hydrogen-bond donors (Lipinski definition) is 0. The van der Waals surface area contributed by atoms with E-state index in [0.29, 0.717) is 0 Å². The Morgan fingerprint density at radius 2 is 0.771 bits per heavy atom. The van der Waals surface area contributed by atoms with Crippen LogP contribution in [0.4, 0.5) is 0 Å². The molecule has 2 heteroatoms. The van der Waals surface area contributed by atoms with Gasteiger partial charge in [-0.1, -0.05) is 146 Å². The Bertz CT molecular complexity index is 2760. The van der Waals surface area contributed by atoms with Crippen LogP contribution in [0, 0.1) is 0 Å². The highest BCUT2D eigenvalue weighted by molar-refractivity contribution is 6.27. The molecule has 0 bridgehead atoms. The Morgan fingerprint density at radius 3 is 1.44 bits per heavy atom. The number of hydrogen-bond acceptors (Lipinski definition) is 2. The third-order valence-corrected chi connectivity index (χ3v) is 9.67. The molecule has 0 aliphatic heterocycles. The molecule has 0 aliphatic rings. The van der Waals surface area contributed by atoms with Gasteiger partial charge in [0.2, 0.25) is 0 Å². The van der Waals surface area contributed by atoms with Crippen LogP contribution in [-0.4, -0.2) is 0 Å². The lowest BCUT2D eigenvalue weighted by Gasteiger charge is -2.18. The number of furan rings is 2. The molecular weight excluding hydrogens is 585 g/mol. The van der Waals surface area contributed by atoms with Crippen LogP contribution in [0.5, 0.6) is 0 Å². The first kappa shape index (κ1) is 26.8. The monoisotopic (exact) mass is 612 g/mol. The van der Waals surface area contributed by atoms with Crippen LogP contribution in [0.25, 0.3) is 99.2 Å². The zero-order valence-electron chi connectivity index (χ0n) is 26.0. The zero-order valence-corrected chi connectivity index (χ0v) is 26.0. The summed E-state index contributed by atoms with van der Waals surface area (Å²) in [6, 6.07) is 60.1. The molecule has 0 aliphatic carbocycles. The van der Waals surface area contributed by atoms with E-state index >= 15 is 0 Å². The molecule has 0 saturated heterocycles. The molecule has 2 aromatic heterocycles. The van der Waals surface area contributed by atoms with E-state index < -0.39 is 0 Å². The quantitative estimate of drug-likeness (QED) is 0.185. The maximum absolute atomic E-state index is 7.06. The molecule has 0 fully saturated rings. The molecule has 0 N–H and O–H groups in total. The van der Waals surface area contributed by atoms with Gasteiger partial charge in [0.25, 0.3) is 0 Å². The van der Waals surface area contributed by atoms with Crippen molar-refractivity contribution < 1.29 is 8.83 Å². The van der Waals surface area contributed by atoms with Gasteiger partial charge in [0, 0.05) is 27.3 Å². The molecule has 0 amide bonds. The van der Waals surface area contributed by atoms with Crippen LogP contribution in [0.2, 0.25) is 0 Å². The molecule has 48 heavy (non-hydrogen) atoms. The number of fused-ring (bicyclic) bond motifs is 7. The fourth-order valence-electron chi connectivity index (χ4n) is 7.63. The van der Waals surface area contributed by atoms with Crippen LogP contribution < -0.4 is 0 Å². The van der Waals surface area contributed by atoms with Crippen molar-refractivity contribution in [3.05, 3.63) is 170 Å². The van der Waals surface area contributed by atoms with E-state index in [0.717, 1.165) is 66.1 Å². The Hall–Kier alpha value is -6.38. The van der Waals surface area contributed by atoms with Crippen molar-refractivity contribution in [2.45, 2.75) is 0 Å². The average molecular weight is 613 g/mol. The summed E-state index contributed by atoms with van der Waals surface area (Å²) in [6.45, 7) is 0. The lowest BCUT2D eigenvalue weighted by molar-refractivity contribution is 0.633. The van der Waals surface area contributed by atoms with E-state index in [-0.39, 0.29) is 0 Å². The average Bonchev–Trinajstić information content (AvgIpc) is 3.73. The van der Waals surface area contributed by atoms with Crippen molar-refractivity contribution in [2.75, 3.05) is 0 Å². The predicted molar refractivity (Wildman–Crippen MR) is 200 cm³/mol. The minimum Gasteiger partial charge on any atom is -0.456 e. The molecule has 8 aromatic carbocycles. The standard InChI is InChI=1S/C46H28O2/c1-3-14-29(15-4-1)31-18-13-19-32(28-31)41-33-20-7-9-22-35(33)43(36-23-10-8-21-34(36)41)46-42(30-16-5-2-6-17-30)45-40(48-46)27-26-39-44(45)37-24-11-12-25-38(37)47-39/h1-28H. The van der Waals surface area contributed by atoms with Crippen LogP contribution in [0.1, 0.15) is 0 Å². The Kier molecular flexibility index (Phi) is 5.91. The number of benzene rings is 8. The third kappa shape index (κ3) is 4.00. The van der Waals surface area contributed by atoms with Gasteiger partial charge in [-0.05, 0) is 73.6 Å². The van der Waals surface area contributed by atoms with E-state index in [2.05, 4.69) is 152 Å². The highest BCUT2D eigenvalue weighted by Gasteiger charge is 2.26. The molecule has 10 aromatic rings. The Balaban J connectivity index is 1.35. The summed E-state index contributed by atoms with van der Waals surface area (Å²) < 4.78 is 13.4. The third-order valence-electron chi connectivity index (χ3n) is 9.67. The van der Waals surface area contributed by atoms with Crippen molar-refractivity contribution >= 4 is 54.5 Å². The molecule has 0 saturated carbocycles. The topological polar surface area (TPSA) is 26.3 Å². The first-order chi connectivity index (χ1) is 23.8. The molecule has 10 rings (SSSR count). The molecule has 2 heterocycles. The van der Waals surface area contributed by atoms with E-state index in [1.807, 2.05) is 18.2 Å². The van der Waals surface area contributed by atoms with Crippen molar-refractivity contribution in [3.63, 3.8) is 0 Å². The molecule has 0 unspecified atom stereocenters. The Morgan fingerprint density at radius 1 is 0.271 bits per heavy atom. The van der Waals surface area contributed by atoms with E-state index in [4.69, 9.17) is 8.83 Å². The van der Waals surface area contributed by atoms with Gasteiger partial charge in [-0.15, -0.1) is 0 Å². The van der Waals surface area contributed by atoms with Gasteiger partial charge in [-0.25, -0.2) is 0 Å². The summed E-state index contributed by atoms with van der Waals surface area (Å²) in [6.07, 6.45) is 0. The van der Waals surface area contributed by atoms with Crippen molar-refractivity contribution in [3.8, 4) is 44.7 Å². The Labute approximate surface area is 277 Å².